The number of halogens is 2. The van der Waals surface area contributed by atoms with E-state index in [-0.39, 0.29) is 10.7 Å². The van der Waals surface area contributed by atoms with E-state index in [1.165, 1.54) is 12.1 Å². The number of carbonyl (C=O) groups is 1. The summed E-state index contributed by atoms with van der Waals surface area (Å²) in [7, 11) is 0. The minimum Gasteiger partial charge on any atom is -0.465 e. The first kappa shape index (κ1) is 9.80. The molecule has 1 amide bonds. The van der Waals surface area contributed by atoms with Gasteiger partial charge < -0.3 is 5.11 Å². The van der Waals surface area contributed by atoms with Gasteiger partial charge >= 0.3 is 6.09 Å². The molecule has 70 valence electrons. The van der Waals surface area contributed by atoms with Crippen molar-refractivity contribution >= 4 is 23.4 Å². The molecule has 0 aliphatic carbocycles. The van der Waals surface area contributed by atoms with E-state index < -0.39 is 11.9 Å². The standard InChI is InChI=1S/C8H7ClFNO2/c1-4-2-3-5(11-8(12)13)7(10)6(4)9/h2-3,11H,1H3,(H,12,13). The van der Waals surface area contributed by atoms with Gasteiger partial charge in [-0.05, 0) is 18.6 Å². The van der Waals surface area contributed by atoms with Gasteiger partial charge in [-0.3, -0.25) is 5.32 Å². The second-order valence-electron chi connectivity index (χ2n) is 2.49. The maximum Gasteiger partial charge on any atom is 0.409 e. The van der Waals surface area contributed by atoms with Crippen LogP contribution in [0, 0.1) is 12.7 Å². The molecular formula is C8H7ClFNO2. The van der Waals surface area contributed by atoms with Gasteiger partial charge in [-0.1, -0.05) is 17.7 Å². The van der Waals surface area contributed by atoms with Crippen molar-refractivity contribution in [3.63, 3.8) is 0 Å². The molecule has 0 heterocycles. The number of amides is 1. The summed E-state index contributed by atoms with van der Waals surface area (Å²) in [6, 6.07) is 2.86. The SMILES string of the molecule is Cc1ccc(NC(=O)O)c(F)c1Cl. The summed E-state index contributed by atoms with van der Waals surface area (Å²) in [5, 5.41) is 10.2. The molecule has 0 bridgehead atoms. The number of rotatable bonds is 1. The second kappa shape index (κ2) is 3.62. The average Bonchev–Trinajstić information content (AvgIpc) is 2.06. The van der Waals surface area contributed by atoms with E-state index >= 15 is 0 Å². The van der Waals surface area contributed by atoms with E-state index in [9.17, 15) is 9.18 Å². The van der Waals surface area contributed by atoms with Crippen LogP contribution >= 0.6 is 11.6 Å². The largest absolute Gasteiger partial charge is 0.465 e. The first-order valence-corrected chi connectivity index (χ1v) is 3.84. The Morgan fingerprint density at radius 3 is 2.77 bits per heavy atom. The zero-order valence-corrected chi connectivity index (χ0v) is 7.52. The monoisotopic (exact) mass is 203 g/mol. The first-order chi connectivity index (χ1) is 6.02. The molecule has 0 saturated heterocycles. The predicted molar refractivity (Wildman–Crippen MR) is 47.8 cm³/mol. The van der Waals surface area contributed by atoms with Crippen molar-refractivity contribution in [2.24, 2.45) is 0 Å². The summed E-state index contributed by atoms with van der Waals surface area (Å²) < 4.78 is 13.2. The number of anilines is 1. The highest BCUT2D eigenvalue weighted by Crippen LogP contribution is 2.25. The minimum atomic E-state index is -1.32. The molecule has 3 nitrogen and oxygen atoms in total. The van der Waals surface area contributed by atoms with Crippen molar-refractivity contribution in [2.45, 2.75) is 6.92 Å². The lowest BCUT2D eigenvalue weighted by atomic mass is 10.2. The fourth-order valence-corrected chi connectivity index (χ4v) is 1.02. The number of hydrogen-bond donors (Lipinski definition) is 2. The van der Waals surface area contributed by atoms with Crippen LogP contribution in [0.5, 0.6) is 0 Å². The summed E-state index contributed by atoms with van der Waals surface area (Å²) in [4.78, 5) is 10.2. The van der Waals surface area contributed by atoms with Gasteiger partial charge in [0.15, 0.2) is 5.82 Å². The van der Waals surface area contributed by atoms with Crippen molar-refractivity contribution in [3.8, 4) is 0 Å². The van der Waals surface area contributed by atoms with Gasteiger partial charge in [0.05, 0.1) is 10.7 Å². The molecule has 2 N–H and O–H groups in total. The van der Waals surface area contributed by atoms with Crippen molar-refractivity contribution < 1.29 is 14.3 Å². The molecule has 0 aliphatic rings. The third kappa shape index (κ3) is 2.09. The fourth-order valence-electron chi connectivity index (χ4n) is 0.858. The highest BCUT2D eigenvalue weighted by molar-refractivity contribution is 6.31. The molecule has 1 rings (SSSR count). The van der Waals surface area contributed by atoms with E-state index in [1.807, 2.05) is 5.32 Å². The normalized spacial score (nSPS) is 9.77. The summed E-state index contributed by atoms with van der Waals surface area (Å²) in [5.41, 5.74) is 0.429. The van der Waals surface area contributed by atoms with Crippen LogP contribution in [-0.4, -0.2) is 11.2 Å². The molecule has 0 spiro atoms. The zero-order chi connectivity index (χ0) is 10.0. The Morgan fingerprint density at radius 1 is 1.62 bits per heavy atom. The highest BCUT2D eigenvalue weighted by atomic mass is 35.5. The Balaban J connectivity index is 3.10. The van der Waals surface area contributed by atoms with Crippen LogP contribution in [-0.2, 0) is 0 Å². The van der Waals surface area contributed by atoms with Gasteiger partial charge in [0.1, 0.15) is 0 Å². The zero-order valence-electron chi connectivity index (χ0n) is 6.77. The van der Waals surface area contributed by atoms with Crippen LogP contribution in [0.3, 0.4) is 0 Å². The van der Waals surface area contributed by atoms with Crippen molar-refractivity contribution in [1.29, 1.82) is 0 Å². The molecule has 0 atom stereocenters. The number of benzene rings is 1. The van der Waals surface area contributed by atoms with E-state index in [0.29, 0.717) is 5.56 Å². The number of hydrogen-bond acceptors (Lipinski definition) is 1. The molecule has 0 aliphatic heterocycles. The summed E-state index contributed by atoms with van der Waals surface area (Å²) in [6.45, 7) is 1.63. The maximum atomic E-state index is 13.2. The van der Waals surface area contributed by atoms with Crippen LogP contribution in [0.1, 0.15) is 5.56 Å². The Hall–Kier alpha value is -1.29. The second-order valence-corrected chi connectivity index (χ2v) is 2.87. The molecule has 0 aromatic heterocycles. The summed E-state index contributed by atoms with van der Waals surface area (Å²) >= 11 is 5.56. The van der Waals surface area contributed by atoms with Gasteiger partial charge in [-0.25, -0.2) is 9.18 Å². The lowest BCUT2D eigenvalue weighted by molar-refractivity contribution is 0.209. The van der Waals surface area contributed by atoms with Crippen molar-refractivity contribution in [2.75, 3.05) is 5.32 Å². The van der Waals surface area contributed by atoms with Gasteiger partial charge in [-0.2, -0.15) is 0 Å². The van der Waals surface area contributed by atoms with Crippen LogP contribution < -0.4 is 5.32 Å². The average molecular weight is 204 g/mol. The van der Waals surface area contributed by atoms with Crippen molar-refractivity contribution in [1.82, 2.24) is 0 Å². The van der Waals surface area contributed by atoms with Gasteiger partial charge in [0.2, 0.25) is 0 Å². The minimum absolute atomic E-state index is 0.0637. The molecule has 5 heteroatoms. The van der Waals surface area contributed by atoms with Crippen molar-refractivity contribution in [3.05, 3.63) is 28.5 Å². The summed E-state index contributed by atoms with van der Waals surface area (Å²) in [5.74, 6) is -0.746. The van der Waals surface area contributed by atoms with Crippen LogP contribution in [0.2, 0.25) is 5.02 Å². The Bertz CT molecular complexity index is 354. The Labute approximate surface area is 79.1 Å². The Kier molecular flexibility index (Phi) is 2.72. The van der Waals surface area contributed by atoms with Crippen LogP contribution in [0.15, 0.2) is 12.1 Å². The van der Waals surface area contributed by atoms with Crippen LogP contribution in [0.25, 0.3) is 0 Å². The molecule has 0 radical (unpaired) electrons. The van der Waals surface area contributed by atoms with Gasteiger partial charge in [0, 0.05) is 0 Å². The van der Waals surface area contributed by atoms with Gasteiger partial charge in [0.25, 0.3) is 0 Å². The van der Waals surface area contributed by atoms with E-state index in [2.05, 4.69) is 0 Å². The third-order valence-corrected chi connectivity index (χ3v) is 1.98. The van der Waals surface area contributed by atoms with E-state index in [4.69, 9.17) is 16.7 Å². The quantitative estimate of drug-likeness (QED) is 0.737. The summed E-state index contributed by atoms with van der Waals surface area (Å²) in [6.07, 6.45) is -1.32. The van der Waals surface area contributed by atoms with Gasteiger partial charge in [-0.15, -0.1) is 0 Å². The molecule has 13 heavy (non-hydrogen) atoms. The lowest BCUT2D eigenvalue weighted by Crippen LogP contribution is -2.09. The molecule has 1 aromatic rings. The van der Waals surface area contributed by atoms with E-state index in [1.54, 1.807) is 6.92 Å². The number of carboxylic acid groups (broad SMARTS) is 1. The fraction of sp³-hybridized carbons (Fsp3) is 0.125. The first-order valence-electron chi connectivity index (χ1n) is 3.47. The molecule has 0 saturated carbocycles. The molecule has 0 unspecified atom stereocenters. The van der Waals surface area contributed by atoms with E-state index in [0.717, 1.165) is 0 Å². The number of aryl methyl sites for hydroxylation is 1. The third-order valence-electron chi connectivity index (χ3n) is 1.52. The topological polar surface area (TPSA) is 49.3 Å². The molecule has 1 aromatic carbocycles. The predicted octanol–water partition coefficient (Wildman–Crippen LogP) is 2.88. The lowest BCUT2D eigenvalue weighted by Gasteiger charge is -2.05. The number of nitrogens with one attached hydrogen (secondary N) is 1. The molecule has 0 fully saturated rings. The molecular weight excluding hydrogens is 197 g/mol. The maximum absolute atomic E-state index is 13.2. The smallest absolute Gasteiger partial charge is 0.409 e. The Morgan fingerprint density at radius 2 is 2.23 bits per heavy atom. The van der Waals surface area contributed by atoms with Crippen LogP contribution in [0.4, 0.5) is 14.9 Å². The highest BCUT2D eigenvalue weighted by Gasteiger charge is 2.10.